The third-order valence-electron chi connectivity index (χ3n) is 3.89. The first-order valence-electron chi connectivity index (χ1n) is 7.28. The van der Waals surface area contributed by atoms with Gasteiger partial charge in [-0.3, -0.25) is 4.79 Å². The fourth-order valence-electron chi connectivity index (χ4n) is 2.41. The second-order valence-corrected chi connectivity index (χ2v) is 5.75. The molecule has 1 aromatic carbocycles. The number of halogens is 1. The van der Waals surface area contributed by atoms with Crippen LogP contribution in [0.5, 0.6) is 0 Å². The predicted octanol–water partition coefficient (Wildman–Crippen LogP) is 3.50. The average molecular weight is 296 g/mol. The first-order chi connectivity index (χ1) is 9.63. The molecule has 1 aliphatic heterocycles. The Balaban J connectivity index is 1.71. The zero-order chi connectivity index (χ0) is 14.5. The highest BCUT2D eigenvalue weighted by atomic mass is 35.5. The second-order valence-electron chi connectivity index (χ2n) is 5.32. The number of hydrogen-bond acceptors (Lipinski definition) is 2. The van der Waals surface area contributed by atoms with E-state index < -0.39 is 0 Å². The van der Waals surface area contributed by atoms with Crippen LogP contribution in [0, 0.1) is 5.92 Å². The van der Waals surface area contributed by atoms with E-state index in [2.05, 4.69) is 13.8 Å². The van der Waals surface area contributed by atoms with Crippen molar-refractivity contribution >= 4 is 17.5 Å². The lowest BCUT2D eigenvalue weighted by molar-refractivity contribution is -0.150. The molecule has 0 N–H and O–H groups in total. The predicted molar refractivity (Wildman–Crippen MR) is 80.7 cm³/mol. The summed E-state index contributed by atoms with van der Waals surface area (Å²) in [5.74, 6) is 0.452. The fraction of sp³-hybridized carbons (Fsp3) is 0.562. The lowest BCUT2D eigenvalue weighted by Gasteiger charge is -2.40. The summed E-state index contributed by atoms with van der Waals surface area (Å²) < 4.78 is 5.79. The van der Waals surface area contributed by atoms with Gasteiger partial charge in [-0.15, -0.1) is 0 Å². The van der Waals surface area contributed by atoms with Crippen molar-refractivity contribution in [2.24, 2.45) is 5.92 Å². The van der Waals surface area contributed by atoms with Crippen LogP contribution in [0.3, 0.4) is 0 Å². The van der Waals surface area contributed by atoms with Crippen molar-refractivity contribution in [3.05, 3.63) is 34.9 Å². The zero-order valence-electron chi connectivity index (χ0n) is 12.1. The molecular formula is C16H22ClNO2. The highest BCUT2D eigenvalue weighted by Crippen LogP contribution is 2.20. The van der Waals surface area contributed by atoms with Crippen molar-refractivity contribution in [1.82, 2.24) is 4.90 Å². The van der Waals surface area contributed by atoms with E-state index in [1.165, 1.54) is 0 Å². The van der Waals surface area contributed by atoms with Crippen molar-refractivity contribution in [3.63, 3.8) is 0 Å². The Labute approximate surface area is 125 Å². The van der Waals surface area contributed by atoms with Crippen molar-refractivity contribution in [2.45, 2.75) is 39.4 Å². The Morgan fingerprint density at radius 3 is 2.45 bits per heavy atom. The van der Waals surface area contributed by atoms with Crippen LogP contribution in [-0.2, 0) is 16.1 Å². The third-order valence-corrected chi connectivity index (χ3v) is 4.15. The molecule has 1 aromatic rings. The number of carbonyl (C=O) groups is 1. The van der Waals surface area contributed by atoms with E-state index in [-0.39, 0.29) is 17.9 Å². The topological polar surface area (TPSA) is 29.5 Å². The van der Waals surface area contributed by atoms with Crippen LogP contribution in [0.1, 0.15) is 32.3 Å². The lowest BCUT2D eigenvalue weighted by Crippen LogP contribution is -2.56. The summed E-state index contributed by atoms with van der Waals surface area (Å²) in [7, 11) is 0. The summed E-state index contributed by atoms with van der Waals surface area (Å²) in [5.41, 5.74) is 1.11. The number of nitrogens with zero attached hydrogens (tertiary/aromatic N) is 1. The quantitative estimate of drug-likeness (QED) is 0.804. The van der Waals surface area contributed by atoms with Gasteiger partial charge in [0.2, 0.25) is 5.91 Å². The molecule has 0 aromatic heterocycles. The number of amides is 1. The maximum atomic E-state index is 12.1. The van der Waals surface area contributed by atoms with Crippen LogP contribution in [0.25, 0.3) is 0 Å². The first-order valence-corrected chi connectivity index (χ1v) is 7.66. The molecule has 1 fully saturated rings. The molecule has 20 heavy (non-hydrogen) atoms. The highest BCUT2D eigenvalue weighted by molar-refractivity contribution is 6.30. The van der Waals surface area contributed by atoms with Gasteiger partial charge in [0.05, 0.1) is 12.7 Å². The van der Waals surface area contributed by atoms with Gasteiger partial charge < -0.3 is 9.64 Å². The molecule has 0 saturated carbocycles. The third kappa shape index (κ3) is 3.74. The first kappa shape index (κ1) is 15.3. The van der Waals surface area contributed by atoms with Crippen molar-refractivity contribution in [2.75, 3.05) is 13.1 Å². The molecular weight excluding hydrogens is 274 g/mol. The largest absolute Gasteiger partial charge is 0.370 e. The molecule has 1 heterocycles. The minimum absolute atomic E-state index is 0.170. The maximum Gasteiger partial charge on any atom is 0.225 e. The normalized spacial score (nSPS) is 15.5. The van der Waals surface area contributed by atoms with Gasteiger partial charge in [0, 0.05) is 24.0 Å². The van der Waals surface area contributed by atoms with Gasteiger partial charge in [-0.25, -0.2) is 0 Å². The minimum Gasteiger partial charge on any atom is -0.370 e. The van der Waals surface area contributed by atoms with Gasteiger partial charge in [0.15, 0.2) is 0 Å². The molecule has 110 valence electrons. The zero-order valence-corrected chi connectivity index (χ0v) is 12.9. The monoisotopic (exact) mass is 295 g/mol. The smallest absolute Gasteiger partial charge is 0.225 e. The molecule has 1 amide bonds. The summed E-state index contributed by atoms with van der Waals surface area (Å²) in [4.78, 5) is 14.0. The molecule has 1 saturated heterocycles. The minimum atomic E-state index is 0.170. The molecule has 4 heteroatoms. The Hall–Kier alpha value is -1.06. The molecule has 0 spiro atoms. The molecule has 3 nitrogen and oxygen atoms in total. The van der Waals surface area contributed by atoms with Gasteiger partial charge in [0.1, 0.15) is 0 Å². The van der Waals surface area contributed by atoms with Crippen molar-refractivity contribution in [1.29, 1.82) is 0 Å². The van der Waals surface area contributed by atoms with E-state index in [0.717, 1.165) is 36.5 Å². The Kier molecular flexibility index (Phi) is 5.44. The average Bonchev–Trinajstić information content (AvgIpc) is 2.40. The molecule has 2 rings (SSSR count). The van der Waals surface area contributed by atoms with Crippen molar-refractivity contribution < 1.29 is 9.53 Å². The number of carbonyl (C=O) groups excluding carboxylic acids is 1. The van der Waals surface area contributed by atoms with E-state index in [0.29, 0.717) is 6.61 Å². The van der Waals surface area contributed by atoms with E-state index in [1.54, 1.807) is 0 Å². The standard InChI is InChI=1S/C16H22ClNO2/c1-3-13(4-2)16(19)18-9-15(10-18)20-11-12-5-7-14(17)8-6-12/h5-8,13,15H,3-4,9-11H2,1-2H3. The molecule has 0 aliphatic carbocycles. The molecule has 0 radical (unpaired) electrons. The number of hydrogen-bond donors (Lipinski definition) is 0. The van der Waals surface area contributed by atoms with Crippen LogP contribution in [0.4, 0.5) is 0 Å². The Morgan fingerprint density at radius 2 is 1.90 bits per heavy atom. The van der Waals surface area contributed by atoms with E-state index in [9.17, 15) is 4.79 Å². The number of rotatable bonds is 6. The summed E-state index contributed by atoms with van der Waals surface area (Å²) in [6.45, 7) is 6.17. The summed E-state index contributed by atoms with van der Waals surface area (Å²) in [6, 6.07) is 7.66. The number of likely N-dealkylation sites (tertiary alicyclic amines) is 1. The molecule has 0 atom stereocenters. The Bertz CT molecular complexity index is 436. The fourth-order valence-corrected chi connectivity index (χ4v) is 2.54. The number of ether oxygens (including phenoxy) is 1. The summed E-state index contributed by atoms with van der Waals surface area (Å²) in [6.07, 6.45) is 2.01. The van der Waals surface area contributed by atoms with Crippen LogP contribution >= 0.6 is 11.6 Å². The van der Waals surface area contributed by atoms with Crippen LogP contribution in [0.15, 0.2) is 24.3 Å². The van der Waals surface area contributed by atoms with Gasteiger partial charge >= 0.3 is 0 Å². The van der Waals surface area contributed by atoms with Crippen LogP contribution < -0.4 is 0 Å². The van der Waals surface area contributed by atoms with Crippen molar-refractivity contribution in [3.8, 4) is 0 Å². The second kappa shape index (κ2) is 7.09. The van der Waals surface area contributed by atoms with Crippen LogP contribution in [-0.4, -0.2) is 30.0 Å². The lowest BCUT2D eigenvalue weighted by atomic mass is 9.99. The summed E-state index contributed by atoms with van der Waals surface area (Å²) in [5, 5.41) is 0.735. The van der Waals surface area contributed by atoms with Crippen LogP contribution in [0.2, 0.25) is 5.02 Å². The molecule has 0 bridgehead atoms. The Morgan fingerprint density at radius 1 is 1.30 bits per heavy atom. The van der Waals surface area contributed by atoms with E-state index in [4.69, 9.17) is 16.3 Å². The van der Waals surface area contributed by atoms with Gasteiger partial charge in [-0.1, -0.05) is 37.6 Å². The maximum absolute atomic E-state index is 12.1. The van der Waals surface area contributed by atoms with Gasteiger partial charge in [0.25, 0.3) is 0 Å². The summed E-state index contributed by atoms with van der Waals surface area (Å²) >= 11 is 5.84. The van der Waals surface area contributed by atoms with E-state index >= 15 is 0 Å². The van der Waals surface area contributed by atoms with E-state index in [1.807, 2.05) is 29.2 Å². The number of benzene rings is 1. The van der Waals surface area contributed by atoms with Gasteiger partial charge in [-0.05, 0) is 30.5 Å². The highest BCUT2D eigenvalue weighted by Gasteiger charge is 2.33. The molecule has 0 unspecified atom stereocenters. The van der Waals surface area contributed by atoms with Gasteiger partial charge in [-0.2, -0.15) is 0 Å². The SMILES string of the molecule is CCC(CC)C(=O)N1CC(OCc2ccc(Cl)cc2)C1. The molecule has 1 aliphatic rings.